The van der Waals surface area contributed by atoms with Crippen molar-refractivity contribution in [2.45, 2.75) is 12.8 Å². The lowest BCUT2D eigenvalue weighted by atomic mass is 9.96. The van der Waals surface area contributed by atoms with Crippen LogP contribution in [0.15, 0.2) is 54.7 Å². The molecule has 0 bridgehead atoms. The minimum atomic E-state index is -0.484. The van der Waals surface area contributed by atoms with Crippen LogP contribution in [0.4, 0.5) is 0 Å². The monoisotopic (exact) mass is 277 g/mol. The number of hydrogen-bond donors (Lipinski definition) is 1. The van der Waals surface area contributed by atoms with Crippen molar-refractivity contribution in [2.24, 2.45) is 5.73 Å². The Kier molecular flexibility index (Phi) is 3.36. The Hall–Kier alpha value is -2.75. The van der Waals surface area contributed by atoms with Crippen molar-refractivity contribution < 1.29 is 4.79 Å². The highest BCUT2D eigenvalue weighted by Gasteiger charge is 2.16. The van der Waals surface area contributed by atoms with Crippen molar-refractivity contribution in [3.8, 4) is 0 Å². The third-order valence-electron chi connectivity index (χ3n) is 3.59. The number of carbonyl (C=O) groups excluding carboxylic acids is 1. The van der Waals surface area contributed by atoms with Gasteiger partial charge in [-0.3, -0.25) is 14.8 Å². The first-order chi connectivity index (χ1) is 10.2. The average molecular weight is 277 g/mol. The highest BCUT2D eigenvalue weighted by atomic mass is 16.1. The zero-order chi connectivity index (χ0) is 14.8. The summed E-state index contributed by atoms with van der Waals surface area (Å²) < 4.78 is 0. The lowest BCUT2D eigenvalue weighted by Crippen LogP contribution is -2.14. The maximum Gasteiger partial charge on any atom is 0.251 e. The topological polar surface area (TPSA) is 68.9 Å². The largest absolute Gasteiger partial charge is 0.366 e. The molecule has 0 fully saturated rings. The van der Waals surface area contributed by atoms with Gasteiger partial charge in [-0.05, 0) is 23.8 Å². The van der Waals surface area contributed by atoms with Crippen molar-refractivity contribution in [3.05, 3.63) is 71.5 Å². The van der Waals surface area contributed by atoms with Crippen molar-refractivity contribution >= 4 is 16.9 Å². The van der Waals surface area contributed by atoms with E-state index in [1.807, 2.05) is 36.4 Å². The highest BCUT2D eigenvalue weighted by Crippen LogP contribution is 2.25. The summed E-state index contributed by atoms with van der Waals surface area (Å²) in [5.74, 6) is -0.406. The van der Waals surface area contributed by atoms with Crippen LogP contribution < -0.4 is 5.73 Å². The van der Waals surface area contributed by atoms with Crippen molar-refractivity contribution in [1.82, 2.24) is 9.97 Å². The molecular weight excluding hydrogens is 262 g/mol. The van der Waals surface area contributed by atoms with Crippen LogP contribution in [0.5, 0.6) is 0 Å². The van der Waals surface area contributed by atoms with Gasteiger partial charge in [0, 0.05) is 17.8 Å². The van der Waals surface area contributed by atoms with E-state index < -0.39 is 5.91 Å². The minimum absolute atomic E-state index is 0.0777. The van der Waals surface area contributed by atoms with Gasteiger partial charge in [0.1, 0.15) is 5.52 Å². The fourth-order valence-corrected chi connectivity index (χ4v) is 2.40. The average Bonchev–Trinajstić information content (AvgIpc) is 2.53. The van der Waals surface area contributed by atoms with Crippen LogP contribution in [0, 0.1) is 0 Å². The molecule has 1 unspecified atom stereocenters. The number of hydrogen-bond acceptors (Lipinski definition) is 3. The second-order valence-corrected chi connectivity index (χ2v) is 4.96. The van der Waals surface area contributed by atoms with E-state index in [2.05, 4.69) is 16.9 Å². The van der Waals surface area contributed by atoms with Crippen LogP contribution in [0.25, 0.3) is 11.0 Å². The standard InChI is InChI=1S/C17H15N3O/c1-11(12-6-3-2-4-7-12)15-10-13(17(18)21)16-14(20-15)8-5-9-19-16/h2-11H,1H3,(H2,18,21). The van der Waals surface area contributed by atoms with Gasteiger partial charge in [-0.2, -0.15) is 0 Å². The van der Waals surface area contributed by atoms with Gasteiger partial charge in [-0.1, -0.05) is 37.3 Å². The summed E-state index contributed by atoms with van der Waals surface area (Å²) in [6.45, 7) is 2.06. The van der Waals surface area contributed by atoms with Crippen molar-refractivity contribution in [1.29, 1.82) is 0 Å². The molecule has 2 heterocycles. The maximum atomic E-state index is 11.7. The third-order valence-corrected chi connectivity index (χ3v) is 3.59. The Morgan fingerprint density at radius 3 is 2.62 bits per heavy atom. The van der Waals surface area contributed by atoms with Gasteiger partial charge in [-0.15, -0.1) is 0 Å². The first-order valence-electron chi connectivity index (χ1n) is 6.77. The SMILES string of the molecule is CC(c1ccccc1)c1cc(C(N)=O)c2ncccc2n1. The molecule has 0 aliphatic heterocycles. The van der Waals surface area contributed by atoms with Crippen molar-refractivity contribution in [2.75, 3.05) is 0 Å². The van der Waals surface area contributed by atoms with Gasteiger partial charge in [0.05, 0.1) is 11.1 Å². The zero-order valence-corrected chi connectivity index (χ0v) is 11.7. The van der Waals surface area contributed by atoms with Crippen LogP contribution in [0.2, 0.25) is 0 Å². The van der Waals surface area contributed by atoms with E-state index in [0.717, 1.165) is 11.3 Å². The Morgan fingerprint density at radius 1 is 1.14 bits per heavy atom. The zero-order valence-electron chi connectivity index (χ0n) is 11.7. The molecule has 0 saturated heterocycles. The Labute approximate surface area is 122 Å². The predicted molar refractivity (Wildman–Crippen MR) is 82.0 cm³/mol. The number of fused-ring (bicyclic) bond motifs is 1. The molecular formula is C17H15N3O. The van der Waals surface area contributed by atoms with Crippen LogP contribution in [0.1, 0.15) is 34.5 Å². The van der Waals surface area contributed by atoms with Gasteiger partial charge in [0.25, 0.3) is 5.91 Å². The van der Waals surface area contributed by atoms with Gasteiger partial charge < -0.3 is 5.73 Å². The first kappa shape index (κ1) is 13.2. The van der Waals surface area contributed by atoms with E-state index >= 15 is 0 Å². The van der Waals surface area contributed by atoms with Crippen LogP contribution >= 0.6 is 0 Å². The van der Waals surface area contributed by atoms with Gasteiger partial charge >= 0.3 is 0 Å². The number of carbonyl (C=O) groups is 1. The number of primary amides is 1. The maximum absolute atomic E-state index is 11.7. The molecule has 4 nitrogen and oxygen atoms in total. The van der Waals surface area contributed by atoms with Crippen LogP contribution in [-0.4, -0.2) is 15.9 Å². The minimum Gasteiger partial charge on any atom is -0.366 e. The normalized spacial score (nSPS) is 12.2. The number of rotatable bonds is 3. The van der Waals surface area contributed by atoms with Gasteiger partial charge in [0.2, 0.25) is 0 Å². The first-order valence-corrected chi connectivity index (χ1v) is 6.77. The number of aromatic nitrogens is 2. The molecule has 0 aliphatic carbocycles. The molecule has 2 aromatic heterocycles. The number of amides is 1. The summed E-state index contributed by atoms with van der Waals surface area (Å²) in [7, 11) is 0. The molecule has 21 heavy (non-hydrogen) atoms. The fourth-order valence-electron chi connectivity index (χ4n) is 2.40. The van der Waals surface area contributed by atoms with Crippen molar-refractivity contribution in [3.63, 3.8) is 0 Å². The number of nitrogens with zero attached hydrogens (tertiary/aromatic N) is 2. The molecule has 0 spiro atoms. The summed E-state index contributed by atoms with van der Waals surface area (Å²) in [6, 6.07) is 15.4. The van der Waals surface area contributed by atoms with E-state index in [0.29, 0.717) is 16.6 Å². The Bertz CT molecular complexity index is 799. The lowest BCUT2D eigenvalue weighted by Gasteiger charge is -2.13. The fraction of sp³-hybridized carbons (Fsp3) is 0.118. The molecule has 0 radical (unpaired) electrons. The molecule has 1 atom stereocenters. The second kappa shape index (κ2) is 5.32. The van der Waals surface area contributed by atoms with E-state index in [4.69, 9.17) is 5.73 Å². The summed E-state index contributed by atoms with van der Waals surface area (Å²) in [5, 5.41) is 0. The number of nitrogens with two attached hydrogens (primary N) is 1. The molecule has 0 aliphatic rings. The Balaban J connectivity index is 2.18. The van der Waals surface area contributed by atoms with E-state index in [1.54, 1.807) is 18.3 Å². The lowest BCUT2D eigenvalue weighted by molar-refractivity contribution is 0.100. The molecule has 4 heteroatoms. The van der Waals surface area contributed by atoms with Gasteiger partial charge in [-0.25, -0.2) is 0 Å². The number of pyridine rings is 2. The molecule has 1 amide bonds. The second-order valence-electron chi connectivity index (χ2n) is 4.96. The smallest absolute Gasteiger partial charge is 0.251 e. The third kappa shape index (κ3) is 2.48. The molecule has 3 aromatic rings. The van der Waals surface area contributed by atoms with Crippen LogP contribution in [-0.2, 0) is 0 Å². The number of benzene rings is 1. The van der Waals surface area contributed by atoms with Crippen LogP contribution in [0.3, 0.4) is 0 Å². The summed E-state index contributed by atoms with van der Waals surface area (Å²) in [4.78, 5) is 20.5. The predicted octanol–water partition coefficient (Wildman–Crippen LogP) is 2.88. The molecule has 2 N–H and O–H groups in total. The van der Waals surface area contributed by atoms with Gasteiger partial charge in [0.15, 0.2) is 0 Å². The highest BCUT2D eigenvalue weighted by molar-refractivity contribution is 6.03. The molecule has 3 rings (SSSR count). The summed E-state index contributed by atoms with van der Waals surface area (Å²) >= 11 is 0. The summed E-state index contributed by atoms with van der Waals surface area (Å²) in [6.07, 6.45) is 1.64. The quantitative estimate of drug-likeness (QED) is 0.800. The molecule has 104 valence electrons. The van der Waals surface area contributed by atoms with E-state index in [-0.39, 0.29) is 5.92 Å². The Morgan fingerprint density at radius 2 is 1.90 bits per heavy atom. The summed E-state index contributed by atoms with van der Waals surface area (Å²) in [5.41, 5.74) is 9.09. The molecule has 0 saturated carbocycles. The molecule has 1 aromatic carbocycles. The van der Waals surface area contributed by atoms with E-state index in [1.165, 1.54) is 0 Å². The van der Waals surface area contributed by atoms with E-state index in [9.17, 15) is 4.79 Å².